The lowest BCUT2D eigenvalue weighted by Gasteiger charge is -2.22. The lowest BCUT2D eigenvalue weighted by molar-refractivity contribution is 0.0745. The summed E-state index contributed by atoms with van der Waals surface area (Å²) in [6.45, 7) is 2.42. The van der Waals surface area contributed by atoms with Crippen LogP contribution in [-0.2, 0) is 6.42 Å². The molecule has 2 rings (SSSR count). The number of nitrogens with two attached hydrogens (primary N) is 1. The number of amidine groups is 1. The summed E-state index contributed by atoms with van der Waals surface area (Å²) in [5.41, 5.74) is 6.08. The van der Waals surface area contributed by atoms with Gasteiger partial charge in [0.1, 0.15) is 11.6 Å². The number of rotatable bonds is 6. The molecule has 1 aromatic heterocycles. The van der Waals surface area contributed by atoms with Crippen molar-refractivity contribution in [3.63, 3.8) is 0 Å². The maximum absolute atomic E-state index is 12.5. The molecule has 1 aliphatic rings. The van der Waals surface area contributed by atoms with Crippen LogP contribution in [-0.4, -0.2) is 34.4 Å². The van der Waals surface area contributed by atoms with Gasteiger partial charge >= 0.3 is 0 Å². The number of hydrogen-bond acceptors (Lipinski definition) is 4. The fourth-order valence-corrected chi connectivity index (χ4v) is 2.08. The van der Waals surface area contributed by atoms with E-state index in [-0.39, 0.29) is 17.8 Å². The molecule has 19 heavy (non-hydrogen) atoms. The van der Waals surface area contributed by atoms with Crippen molar-refractivity contribution in [3.05, 3.63) is 23.7 Å². The predicted molar refractivity (Wildman–Crippen MR) is 70.2 cm³/mol. The molecule has 0 aromatic carbocycles. The van der Waals surface area contributed by atoms with Crippen LogP contribution in [0.2, 0.25) is 0 Å². The molecule has 1 aromatic rings. The smallest absolute Gasteiger partial charge is 0.257 e. The molecular formula is C13H19N3O3. The highest BCUT2D eigenvalue weighted by molar-refractivity contribution is 5.95. The van der Waals surface area contributed by atoms with E-state index >= 15 is 0 Å². The fraction of sp³-hybridized carbons (Fsp3) is 0.538. The third kappa shape index (κ3) is 3.07. The average molecular weight is 265 g/mol. The number of nitrogens with zero attached hydrogens (tertiary/aromatic N) is 2. The first-order valence-electron chi connectivity index (χ1n) is 6.51. The average Bonchev–Trinajstić information content (AvgIpc) is 3.14. The number of amides is 1. The number of furan rings is 1. The lowest BCUT2D eigenvalue weighted by atomic mass is 10.2. The van der Waals surface area contributed by atoms with Crippen LogP contribution in [0, 0.1) is 0 Å². The maximum Gasteiger partial charge on any atom is 0.257 e. The van der Waals surface area contributed by atoms with Crippen LogP contribution in [0.1, 0.15) is 42.3 Å². The molecular weight excluding hydrogens is 246 g/mol. The van der Waals surface area contributed by atoms with Gasteiger partial charge in [-0.25, -0.2) is 0 Å². The lowest BCUT2D eigenvalue weighted by Crippen LogP contribution is -2.36. The van der Waals surface area contributed by atoms with Gasteiger partial charge in [0.15, 0.2) is 0 Å². The van der Waals surface area contributed by atoms with Crippen LogP contribution in [0.4, 0.5) is 0 Å². The number of oxime groups is 1. The van der Waals surface area contributed by atoms with Crippen molar-refractivity contribution >= 4 is 11.7 Å². The van der Waals surface area contributed by atoms with E-state index < -0.39 is 0 Å². The van der Waals surface area contributed by atoms with Gasteiger partial charge in [0.05, 0.1) is 11.8 Å². The normalized spacial score (nSPS) is 15.5. The molecule has 0 radical (unpaired) electrons. The van der Waals surface area contributed by atoms with Crippen molar-refractivity contribution < 1.29 is 14.4 Å². The number of aryl methyl sites for hydroxylation is 1. The summed E-state index contributed by atoms with van der Waals surface area (Å²) >= 11 is 0. The summed E-state index contributed by atoms with van der Waals surface area (Å²) < 4.78 is 5.30. The molecule has 1 aliphatic carbocycles. The van der Waals surface area contributed by atoms with Gasteiger partial charge in [-0.05, 0) is 18.9 Å². The highest BCUT2D eigenvalue weighted by atomic mass is 16.4. The summed E-state index contributed by atoms with van der Waals surface area (Å²) in [6.07, 6.45) is 4.63. The topological polar surface area (TPSA) is 92.1 Å². The van der Waals surface area contributed by atoms with Crippen molar-refractivity contribution in [3.8, 4) is 0 Å². The van der Waals surface area contributed by atoms with Crippen LogP contribution in [0.15, 0.2) is 21.9 Å². The fourth-order valence-electron chi connectivity index (χ4n) is 2.08. The minimum absolute atomic E-state index is 0.0289. The van der Waals surface area contributed by atoms with Crippen molar-refractivity contribution in [2.45, 2.75) is 38.6 Å². The van der Waals surface area contributed by atoms with Crippen LogP contribution < -0.4 is 5.73 Å². The Hall–Kier alpha value is -1.98. The van der Waals surface area contributed by atoms with Crippen LogP contribution in [0.5, 0.6) is 0 Å². The van der Waals surface area contributed by atoms with Gasteiger partial charge in [-0.3, -0.25) is 4.79 Å². The Morgan fingerprint density at radius 1 is 1.63 bits per heavy atom. The Morgan fingerprint density at radius 3 is 2.95 bits per heavy atom. The second-order valence-electron chi connectivity index (χ2n) is 4.68. The second-order valence-corrected chi connectivity index (χ2v) is 4.68. The van der Waals surface area contributed by atoms with E-state index in [9.17, 15) is 4.79 Å². The quantitative estimate of drug-likeness (QED) is 0.353. The van der Waals surface area contributed by atoms with E-state index in [4.69, 9.17) is 15.4 Å². The van der Waals surface area contributed by atoms with E-state index in [2.05, 4.69) is 5.16 Å². The zero-order valence-electron chi connectivity index (χ0n) is 11.0. The van der Waals surface area contributed by atoms with Crippen LogP contribution >= 0.6 is 0 Å². The molecule has 1 heterocycles. The van der Waals surface area contributed by atoms with Gasteiger partial charge in [-0.15, -0.1) is 0 Å². The van der Waals surface area contributed by atoms with Gasteiger partial charge in [0.2, 0.25) is 0 Å². The van der Waals surface area contributed by atoms with Crippen LogP contribution in [0.25, 0.3) is 0 Å². The minimum atomic E-state index is -0.0289. The standard InChI is InChI=1S/C13H19N3O3/c1-2-11-10(6-8-19-11)13(17)16(9-3-4-9)7-5-12(14)15-18/h6,8-9,18H,2-5,7H2,1H3,(H2,14,15). The third-order valence-electron chi connectivity index (χ3n) is 3.28. The molecule has 0 unspecified atom stereocenters. The zero-order chi connectivity index (χ0) is 13.8. The first-order valence-corrected chi connectivity index (χ1v) is 6.51. The third-order valence-corrected chi connectivity index (χ3v) is 3.28. The number of hydrogen-bond donors (Lipinski definition) is 2. The Labute approximate surface area is 111 Å². The molecule has 6 nitrogen and oxygen atoms in total. The SMILES string of the molecule is CCc1occc1C(=O)N(CC/C(N)=N/O)C1CC1. The molecule has 0 aliphatic heterocycles. The van der Waals surface area contributed by atoms with Gasteiger partial charge in [-0.2, -0.15) is 0 Å². The Morgan fingerprint density at radius 2 is 2.37 bits per heavy atom. The van der Waals surface area contributed by atoms with Gasteiger partial charge in [0.25, 0.3) is 5.91 Å². The highest BCUT2D eigenvalue weighted by Crippen LogP contribution is 2.29. The molecule has 0 saturated heterocycles. The number of carbonyl (C=O) groups excluding carboxylic acids is 1. The molecule has 6 heteroatoms. The largest absolute Gasteiger partial charge is 0.469 e. The Kier molecular flexibility index (Phi) is 4.09. The van der Waals surface area contributed by atoms with E-state index in [1.54, 1.807) is 17.2 Å². The van der Waals surface area contributed by atoms with Crippen molar-refractivity contribution in [1.82, 2.24) is 4.90 Å². The number of carbonyl (C=O) groups is 1. The summed E-state index contributed by atoms with van der Waals surface area (Å²) in [7, 11) is 0. The zero-order valence-corrected chi connectivity index (χ0v) is 11.0. The molecule has 0 bridgehead atoms. The highest BCUT2D eigenvalue weighted by Gasteiger charge is 2.34. The van der Waals surface area contributed by atoms with E-state index in [0.29, 0.717) is 30.7 Å². The molecule has 0 atom stereocenters. The summed E-state index contributed by atoms with van der Waals surface area (Å²) in [4.78, 5) is 14.3. The van der Waals surface area contributed by atoms with Crippen LogP contribution in [0.3, 0.4) is 0 Å². The minimum Gasteiger partial charge on any atom is -0.469 e. The van der Waals surface area contributed by atoms with Crippen molar-refractivity contribution in [2.75, 3.05) is 6.54 Å². The second kappa shape index (κ2) is 5.77. The van der Waals surface area contributed by atoms with E-state index in [1.807, 2.05) is 6.92 Å². The van der Waals surface area contributed by atoms with E-state index in [1.165, 1.54) is 0 Å². The van der Waals surface area contributed by atoms with Crippen molar-refractivity contribution in [2.24, 2.45) is 10.9 Å². The predicted octanol–water partition coefficient (Wildman–Crippen LogP) is 1.58. The Balaban J connectivity index is 2.08. The maximum atomic E-state index is 12.5. The van der Waals surface area contributed by atoms with E-state index in [0.717, 1.165) is 12.8 Å². The van der Waals surface area contributed by atoms with Crippen molar-refractivity contribution in [1.29, 1.82) is 0 Å². The molecule has 0 spiro atoms. The van der Waals surface area contributed by atoms with Gasteiger partial charge in [0, 0.05) is 25.4 Å². The molecule has 3 N–H and O–H groups in total. The molecule has 1 saturated carbocycles. The molecule has 1 amide bonds. The molecule has 104 valence electrons. The summed E-state index contributed by atoms with van der Waals surface area (Å²) in [6, 6.07) is 1.98. The summed E-state index contributed by atoms with van der Waals surface area (Å²) in [5.74, 6) is 0.819. The first kappa shape index (κ1) is 13.5. The molecule has 1 fully saturated rings. The Bertz CT molecular complexity index is 477. The van der Waals surface area contributed by atoms with Gasteiger partial charge < -0.3 is 20.3 Å². The first-order chi connectivity index (χ1) is 9.17. The monoisotopic (exact) mass is 265 g/mol. The summed E-state index contributed by atoms with van der Waals surface area (Å²) in [5, 5.41) is 11.5. The van der Waals surface area contributed by atoms with Gasteiger partial charge in [-0.1, -0.05) is 12.1 Å².